The average Bonchev–Trinajstić information content (AvgIpc) is 3.01. The summed E-state index contributed by atoms with van der Waals surface area (Å²) in [5.41, 5.74) is 3.82. The van der Waals surface area contributed by atoms with Crippen LogP contribution in [0, 0.1) is 17.8 Å². The minimum Gasteiger partial charge on any atom is -0.301 e. The molecule has 0 amide bonds. The summed E-state index contributed by atoms with van der Waals surface area (Å²) in [4.78, 5) is 7.37. The maximum absolute atomic E-state index is 4.68. The van der Waals surface area contributed by atoms with E-state index < -0.39 is 0 Å². The van der Waals surface area contributed by atoms with Crippen molar-refractivity contribution in [1.82, 2.24) is 4.90 Å². The molecule has 4 atom stereocenters. The van der Waals surface area contributed by atoms with Gasteiger partial charge in [0.25, 0.3) is 0 Å². The van der Waals surface area contributed by atoms with Gasteiger partial charge < -0.3 is 4.90 Å². The molecule has 0 spiro atoms. The van der Waals surface area contributed by atoms with Crippen LogP contribution in [0.25, 0.3) is 10.8 Å². The van der Waals surface area contributed by atoms with Crippen LogP contribution in [-0.2, 0) is 0 Å². The van der Waals surface area contributed by atoms with E-state index in [0.717, 1.165) is 35.7 Å². The molecule has 4 unspecified atom stereocenters. The molecule has 1 saturated carbocycles. The fourth-order valence-electron chi connectivity index (χ4n) is 5.89. The molecule has 1 fully saturated rings. The second-order valence-corrected chi connectivity index (χ2v) is 9.51. The van der Waals surface area contributed by atoms with Crippen molar-refractivity contribution in [3.8, 4) is 0 Å². The Kier molecular flexibility index (Phi) is 5.59. The Bertz CT molecular complexity index is 897. The highest BCUT2D eigenvalue weighted by Crippen LogP contribution is 2.49. The van der Waals surface area contributed by atoms with Gasteiger partial charge in [0.15, 0.2) is 0 Å². The Labute approximate surface area is 175 Å². The summed E-state index contributed by atoms with van der Waals surface area (Å²) in [6, 6.07) is 11.9. The predicted molar refractivity (Wildman–Crippen MR) is 125 cm³/mol. The van der Waals surface area contributed by atoms with E-state index >= 15 is 0 Å². The lowest BCUT2D eigenvalue weighted by atomic mass is 9.64. The zero-order chi connectivity index (χ0) is 20.0. The third-order valence-corrected chi connectivity index (χ3v) is 7.71. The van der Waals surface area contributed by atoms with Gasteiger partial charge >= 0.3 is 0 Å². The van der Waals surface area contributed by atoms with E-state index in [1.54, 1.807) is 0 Å². The first-order chi connectivity index (χ1) is 13.5. The summed E-state index contributed by atoms with van der Waals surface area (Å²) in [5.74, 6) is 2.75. The zero-order valence-corrected chi connectivity index (χ0v) is 18.8. The third kappa shape index (κ3) is 3.21. The molecule has 150 valence electrons. The van der Waals surface area contributed by atoms with Crippen LogP contribution in [-0.4, -0.2) is 29.1 Å². The largest absolute Gasteiger partial charge is 0.301 e. The van der Waals surface area contributed by atoms with Crippen LogP contribution in [0.2, 0.25) is 0 Å². The Morgan fingerprint density at radius 2 is 1.86 bits per heavy atom. The van der Waals surface area contributed by atoms with Gasteiger partial charge in [0.05, 0.1) is 5.69 Å². The first-order valence-electron chi connectivity index (χ1n) is 11.0. The molecule has 0 bridgehead atoms. The highest BCUT2D eigenvalue weighted by Gasteiger charge is 2.39. The summed E-state index contributed by atoms with van der Waals surface area (Å²) < 4.78 is 0. The summed E-state index contributed by atoms with van der Waals surface area (Å²) in [6.07, 6.45) is 2.58. The van der Waals surface area contributed by atoms with Crippen LogP contribution in [0.4, 0.5) is 5.69 Å². The summed E-state index contributed by atoms with van der Waals surface area (Å²) in [5, 5.41) is 3.56. The fraction of sp³-hybridized carbons (Fsp3) is 0.560. The van der Waals surface area contributed by atoms with Crippen LogP contribution in [0.1, 0.15) is 64.5 Å². The molecule has 4 rings (SSSR count). The zero-order valence-electron chi connectivity index (χ0n) is 17.9. The van der Waals surface area contributed by atoms with Crippen LogP contribution in [0.5, 0.6) is 0 Å². The van der Waals surface area contributed by atoms with Gasteiger partial charge in [-0.1, -0.05) is 58.9 Å². The van der Waals surface area contributed by atoms with Crippen molar-refractivity contribution in [2.45, 2.75) is 59.4 Å². The Hall–Kier alpha value is -1.32. The molecular weight excluding hydrogens is 360 g/mol. The summed E-state index contributed by atoms with van der Waals surface area (Å²) in [6.45, 7) is 14.2. The molecule has 0 aromatic heterocycles. The smallest absolute Gasteiger partial charge is 0.102 e. The first-order valence-corrected chi connectivity index (χ1v) is 11.5. The van der Waals surface area contributed by atoms with E-state index in [1.807, 2.05) is 0 Å². The number of aliphatic imine (C=N–C) groups is 1. The molecule has 1 heterocycles. The van der Waals surface area contributed by atoms with Crippen LogP contribution in [0.3, 0.4) is 0 Å². The second kappa shape index (κ2) is 7.84. The number of thiol groups is 1. The summed E-state index contributed by atoms with van der Waals surface area (Å²) in [7, 11) is 0. The van der Waals surface area contributed by atoms with Gasteiger partial charge in [0, 0.05) is 17.0 Å². The normalized spacial score (nSPS) is 27.1. The minimum absolute atomic E-state index is 0.620. The van der Waals surface area contributed by atoms with Crippen molar-refractivity contribution in [1.29, 1.82) is 0 Å². The third-order valence-electron chi connectivity index (χ3n) is 7.37. The molecule has 0 radical (unpaired) electrons. The molecular formula is C25H34N2S. The molecule has 0 saturated heterocycles. The highest BCUT2D eigenvalue weighted by atomic mass is 32.1. The van der Waals surface area contributed by atoms with Crippen LogP contribution < -0.4 is 0 Å². The molecule has 1 aliphatic carbocycles. The quantitative estimate of drug-likeness (QED) is 0.561. The van der Waals surface area contributed by atoms with E-state index in [0.29, 0.717) is 17.9 Å². The number of hydrogen-bond donors (Lipinski definition) is 1. The lowest BCUT2D eigenvalue weighted by Gasteiger charge is -2.46. The van der Waals surface area contributed by atoms with Crippen molar-refractivity contribution in [2.75, 3.05) is 13.1 Å². The van der Waals surface area contributed by atoms with Crippen molar-refractivity contribution in [3.63, 3.8) is 0 Å². The van der Waals surface area contributed by atoms with E-state index in [4.69, 9.17) is 0 Å². The summed E-state index contributed by atoms with van der Waals surface area (Å²) >= 11 is 4.62. The first kappa shape index (κ1) is 20.0. The average molecular weight is 395 g/mol. The number of benzene rings is 2. The highest BCUT2D eigenvalue weighted by molar-refractivity contribution is 7.97. The molecule has 28 heavy (non-hydrogen) atoms. The van der Waals surface area contributed by atoms with Crippen molar-refractivity contribution in [2.24, 2.45) is 22.7 Å². The fourth-order valence-corrected chi connectivity index (χ4v) is 6.19. The van der Waals surface area contributed by atoms with Gasteiger partial charge in [-0.15, -0.1) is 12.6 Å². The molecule has 0 N–H and O–H groups in total. The second-order valence-electron chi connectivity index (χ2n) is 9.09. The topological polar surface area (TPSA) is 15.6 Å². The Balaban J connectivity index is 1.76. The van der Waals surface area contributed by atoms with Gasteiger partial charge in [0.2, 0.25) is 0 Å². The maximum atomic E-state index is 4.68. The number of hydrogen-bond acceptors (Lipinski definition) is 2. The van der Waals surface area contributed by atoms with Gasteiger partial charge in [0.1, 0.15) is 5.04 Å². The number of nitrogens with zero attached hydrogens (tertiary/aromatic N) is 2. The molecule has 2 aliphatic rings. The lowest BCUT2D eigenvalue weighted by Crippen LogP contribution is -2.46. The standard InChI is InChI=1S/C25H34N2S/c1-6-27(7-2)23-14-20(15(3)4)21(13-16(23)5)17-11-12-22-24-18(17)9-8-10-19(24)25(28)26-22/h8-12,15-16,20-21,23H,6-7,13-14H2,1-5H3,(H,26,28). The number of rotatable bonds is 5. The maximum Gasteiger partial charge on any atom is 0.102 e. The van der Waals surface area contributed by atoms with Gasteiger partial charge in [-0.2, -0.15) is 0 Å². The predicted octanol–water partition coefficient (Wildman–Crippen LogP) is 6.66. The molecule has 1 aliphatic heterocycles. The van der Waals surface area contributed by atoms with E-state index in [2.05, 4.69) is 87.5 Å². The van der Waals surface area contributed by atoms with E-state index in [-0.39, 0.29) is 0 Å². The lowest BCUT2D eigenvalue weighted by molar-refractivity contribution is 0.0660. The van der Waals surface area contributed by atoms with Crippen LogP contribution in [0.15, 0.2) is 35.3 Å². The van der Waals surface area contributed by atoms with Crippen LogP contribution >= 0.6 is 12.6 Å². The van der Waals surface area contributed by atoms with Gasteiger partial charge in [-0.3, -0.25) is 0 Å². The minimum atomic E-state index is 0.620. The molecule has 2 aromatic carbocycles. The Morgan fingerprint density at radius 3 is 2.54 bits per heavy atom. The van der Waals surface area contributed by atoms with Crippen molar-refractivity contribution >= 4 is 34.1 Å². The monoisotopic (exact) mass is 394 g/mol. The van der Waals surface area contributed by atoms with E-state index in [9.17, 15) is 0 Å². The molecule has 3 heteroatoms. The molecule has 2 aromatic rings. The SMILES string of the molecule is CCN(CC)C1CC(C(C)C)C(c2ccc3c4c(cccc24)C(S)=N3)CC1C. The molecule has 2 nitrogen and oxygen atoms in total. The van der Waals surface area contributed by atoms with E-state index in [1.165, 1.54) is 34.7 Å². The van der Waals surface area contributed by atoms with Crippen molar-refractivity contribution in [3.05, 3.63) is 41.5 Å². The van der Waals surface area contributed by atoms with Gasteiger partial charge in [-0.25, -0.2) is 4.99 Å². The van der Waals surface area contributed by atoms with Gasteiger partial charge in [-0.05, 0) is 66.6 Å². The van der Waals surface area contributed by atoms with Crippen molar-refractivity contribution < 1.29 is 0 Å². The Morgan fingerprint density at radius 1 is 1.11 bits per heavy atom.